The third-order valence-corrected chi connectivity index (χ3v) is 4.70. The maximum Gasteiger partial charge on any atom is 0.271 e. The van der Waals surface area contributed by atoms with Crippen LogP contribution in [0.1, 0.15) is 61.6 Å². The number of H-pyrrole nitrogens is 1. The number of aromatic nitrogens is 2. The Kier molecular flexibility index (Phi) is 4.29. The Morgan fingerprint density at radius 1 is 1.43 bits per heavy atom. The van der Waals surface area contributed by atoms with E-state index in [2.05, 4.69) is 34.3 Å². The first kappa shape index (κ1) is 14.6. The number of rotatable bonds is 6. The molecule has 2 aliphatic rings. The summed E-state index contributed by atoms with van der Waals surface area (Å²) >= 11 is 0. The zero-order valence-electron chi connectivity index (χ0n) is 13.1. The van der Waals surface area contributed by atoms with Crippen molar-refractivity contribution in [3.05, 3.63) is 17.5 Å². The minimum Gasteiger partial charge on any atom is -0.349 e. The smallest absolute Gasteiger partial charge is 0.271 e. The number of carbonyl (C=O) groups excluding carboxylic acids is 1. The summed E-state index contributed by atoms with van der Waals surface area (Å²) in [5.41, 5.74) is 1.64. The van der Waals surface area contributed by atoms with Crippen LogP contribution in [0.15, 0.2) is 6.07 Å². The number of hydrogen-bond donors (Lipinski definition) is 2. The van der Waals surface area contributed by atoms with Gasteiger partial charge in [0.25, 0.3) is 5.91 Å². The summed E-state index contributed by atoms with van der Waals surface area (Å²) in [6.07, 6.45) is 4.99. The van der Waals surface area contributed by atoms with Crippen molar-refractivity contribution >= 4 is 5.91 Å². The highest BCUT2D eigenvalue weighted by Gasteiger charge is 2.28. The molecule has 2 fully saturated rings. The number of hydrogen-bond acceptors (Lipinski definition) is 3. The van der Waals surface area contributed by atoms with Gasteiger partial charge in [-0.2, -0.15) is 5.10 Å². The lowest BCUT2D eigenvalue weighted by Gasteiger charge is -2.30. The van der Waals surface area contributed by atoms with Crippen LogP contribution in [0.4, 0.5) is 0 Å². The lowest BCUT2D eigenvalue weighted by molar-refractivity contribution is 0.0922. The monoisotopic (exact) mass is 290 g/mol. The Bertz CT molecular complexity index is 486. The Labute approximate surface area is 126 Å². The van der Waals surface area contributed by atoms with E-state index in [1.807, 2.05) is 6.07 Å². The molecule has 0 aromatic carbocycles. The first-order valence-electron chi connectivity index (χ1n) is 8.22. The minimum absolute atomic E-state index is 0.0528. The van der Waals surface area contributed by atoms with E-state index < -0.39 is 0 Å². The molecule has 2 N–H and O–H groups in total. The van der Waals surface area contributed by atoms with Gasteiger partial charge in [-0.1, -0.05) is 13.8 Å². The summed E-state index contributed by atoms with van der Waals surface area (Å²) in [6, 6.07) is 2.34. The summed E-state index contributed by atoms with van der Waals surface area (Å²) in [4.78, 5) is 14.7. The van der Waals surface area contributed by atoms with Crippen LogP contribution in [-0.4, -0.2) is 46.7 Å². The fourth-order valence-corrected chi connectivity index (χ4v) is 3.20. The van der Waals surface area contributed by atoms with Gasteiger partial charge < -0.3 is 5.32 Å². The fourth-order valence-electron chi connectivity index (χ4n) is 3.20. The van der Waals surface area contributed by atoms with Gasteiger partial charge in [-0.25, -0.2) is 0 Å². The van der Waals surface area contributed by atoms with Crippen LogP contribution < -0.4 is 5.32 Å². The van der Waals surface area contributed by atoms with Crippen LogP contribution in [0, 0.1) is 5.92 Å². The molecule has 3 rings (SSSR count). The van der Waals surface area contributed by atoms with Crippen molar-refractivity contribution < 1.29 is 4.79 Å². The molecule has 0 spiro atoms. The Morgan fingerprint density at radius 2 is 2.14 bits per heavy atom. The molecule has 0 bridgehead atoms. The molecule has 0 unspecified atom stereocenters. The summed E-state index contributed by atoms with van der Waals surface area (Å²) in [5, 5.41) is 10.2. The van der Waals surface area contributed by atoms with Crippen LogP contribution in [0.5, 0.6) is 0 Å². The number of nitrogens with one attached hydrogen (secondary N) is 2. The first-order chi connectivity index (χ1) is 10.1. The highest BCUT2D eigenvalue weighted by Crippen LogP contribution is 2.38. The molecule has 1 saturated carbocycles. The lowest BCUT2D eigenvalue weighted by Crippen LogP contribution is -2.45. The van der Waals surface area contributed by atoms with Crippen molar-refractivity contribution in [3.8, 4) is 0 Å². The van der Waals surface area contributed by atoms with Crippen molar-refractivity contribution in [2.24, 2.45) is 5.92 Å². The van der Waals surface area contributed by atoms with Crippen LogP contribution in [0.25, 0.3) is 0 Å². The van der Waals surface area contributed by atoms with Crippen molar-refractivity contribution in [1.82, 2.24) is 20.4 Å². The number of aromatic amines is 1. The van der Waals surface area contributed by atoms with E-state index in [1.54, 1.807) is 0 Å². The minimum atomic E-state index is -0.0528. The third kappa shape index (κ3) is 3.46. The predicted octanol–water partition coefficient (Wildman–Crippen LogP) is 2.14. The average molecular weight is 290 g/mol. The largest absolute Gasteiger partial charge is 0.349 e. The molecule has 1 aliphatic heterocycles. The summed E-state index contributed by atoms with van der Waals surface area (Å²) in [5.74, 6) is 1.10. The first-order valence-corrected chi connectivity index (χ1v) is 8.22. The number of carbonyl (C=O) groups is 1. The van der Waals surface area contributed by atoms with E-state index in [4.69, 9.17) is 0 Å². The number of nitrogens with zero attached hydrogens (tertiary/aromatic N) is 2. The average Bonchev–Trinajstić information content (AvgIpc) is 2.98. The molecule has 1 aromatic rings. The quantitative estimate of drug-likeness (QED) is 0.844. The zero-order chi connectivity index (χ0) is 14.8. The fraction of sp³-hybridized carbons (Fsp3) is 0.750. The van der Waals surface area contributed by atoms with E-state index in [1.165, 1.54) is 25.7 Å². The van der Waals surface area contributed by atoms with E-state index in [0.717, 1.165) is 18.8 Å². The van der Waals surface area contributed by atoms with Crippen LogP contribution in [0.3, 0.4) is 0 Å². The van der Waals surface area contributed by atoms with Gasteiger partial charge in [-0.05, 0) is 50.8 Å². The second kappa shape index (κ2) is 6.18. The van der Waals surface area contributed by atoms with E-state index in [-0.39, 0.29) is 5.91 Å². The highest BCUT2D eigenvalue weighted by molar-refractivity contribution is 5.92. The van der Waals surface area contributed by atoms with Gasteiger partial charge >= 0.3 is 0 Å². The Hall–Kier alpha value is -1.36. The number of amides is 1. The van der Waals surface area contributed by atoms with Crippen LogP contribution in [0.2, 0.25) is 0 Å². The maximum atomic E-state index is 12.2. The van der Waals surface area contributed by atoms with Crippen LogP contribution >= 0.6 is 0 Å². The summed E-state index contributed by atoms with van der Waals surface area (Å²) in [7, 11) is 0. The predicted molar refractivity (Wildman–Crippen MR) is 82.3 cm³/mol. The lowest BCUT2D eigenvalue weighted by atomic mass is 10.0. The standard InChI is InChI=1S/C16H26N4O/c1-11(2)15(20-7-3-4-8-20)10-17-16(21)14-9-13(18-19-14)12-5-6-12/h9,11-12,15H,3-8,10H2,1-2H3,(H,17,21)(H,18,19)/t15-/m1/s1. The molecular weight excluding hydrogens is 264 g/mol. The van der Waals surface area contributed by atoms with Crippen LogP contribution in [-0.2, 0) is 0 Å². The van der Waals surface area contributed by atoms with Gasteiger partial charge in [0.1, 0.15) is 5.69 Å². The van der Waals surface area contributed by atoms with Gasteiger partial charge in [-0.3, -0.25) is 14.8 Å². The number of likely N-dealkylation sites (tertiary alicyclic amines) is 1. The third-order valence-electron chi connectivity index (χ3n) is 4.70. The van der Waals surface area contributed by atoms with Gasteiger partial charge in [-0.15, -0.1) is 0 Å². The molecule has 21 heavy (non-hydrogen) atoms. The van der Waals surface area contributed by atoms with Crippen molar-refractivity contribution in [2.45, 2.75) is 51.5 Å². The molecule has 1 aromatic heterocycles. The van der Waals surface area contributed by atoms with Crippen molar-refractivity contribution in [1.29, 1.82) is 0 Å². The topological polar surface area (TPSA) is 61.0 Å². The second-order valence-corrected chi connectivity index (χ2v) is 6.75. The highest BCUT2D eigenvalue weighted by atomic mass is 16.1. The normalized spacial score (nSPS) is 20.9. The van der Waals surface area contributed by atoms with E-state index in [9.17, 15) is 4.79 Å². The molecule has 0 radical (unpaired) electrons. The molecule has 5 heteroatoms. The van der Waals surface area contributed by atoms with Gasteiger partial charge in [0.2, 0.25) is 0 Å². The molecule has 116 valence electrons. The summed E-state index contributed by atoms with van der Waals surface area (Å²) < 4.78 is 0. The van der Waals surface area contributed by atoms with Gasteiger partial charge in [0.15, 0.2) is 0 Å². The molecule has 1 aliphatic carbocycles. The van der Waals surface area contributed by atoms with Crippen molar-refractivity contribution in [3.63, 3.8) is 0 Å². The second-order valence-electron chi connectivity index (χ2n) is 6.75. The molecule has 1 saturated heterocycles. The zero-order valence-corrected chi connectivity index (χ0v) is 13.1. The maximum absolute atomic E-state index is 12.2. The van der Waals surface area contributed by atoms with Gasteiger partial charge in [0, 0.05) is 24.2 Å². The SMILES string of the molecule is CC(C)[C@@H](CNC(=O)c1cc(C2CC2)[nH]n1)N1CCCC1. The van der Waals surface area contributed by atoms with Crippen molar-refractivity contribution in [2.75, 3.05) is 19.6 Å². The van der Waals surface area contributed by atoms with E-state index >= 15 is 0 Å². The Balaban J connectivity index is 1.55. The summed E-state index contributed by atoms with van der Waals surface area (Å²) in [6.45, 7) is 7.49. The van der Waals surface area contributed by atoms with Gasteiger partial charge in [0.05, 0.1) is 0 Å². The molecule has 2 heterocycles. The molecular formula is C16H26N4O. The Morgan fingerprint density at radius 3 is 2.76 bits per heavy atom. The molecule has 5 nitrogen and oxygen atoms in total. The molecule has 1 amide bonds. The molecule has 1 atom stereocenters. The van der Waals surface area contributed by atoms with E-state index in [0.29, 0.717) is 30.1 Å².